The Morgan fingerprint density at radius 3 is 1.12 bits per heavy atom. The van der Waals surface area contributed by atoms with Crippen LogP contribution in [0.25, 0.3) is 0 Å². The molecule has 0 aromatic rings. The lowest BCUT2D eigenvalue weighted by molar-refractivity contribution is -0.379. The first-order chi connectivity index (χ1) is 46.8. The van der Waals surface area contributed by atoms with Crippen molar-refractivity contribution in [2.75, 3.05) is 26.4 Å². The molecule has 1 amide bonds. The number of aliphatic hydroxyl groups excluding tert-OH is 11. The van der Waals surface area contributed by atoms with E-state index in [1.807, 2.05) is 6.08 Å². The number of carbonyl (C=O) groups is 1. The summed E-state index contributed by atoms with van der Waals surface area (Å²) in [5.41, 5.74) is 0. The van der Waals surface area contributed by atoms with Crippen LogP contribution in [0.4, 0.5) is 0 Å². The standard InChI is InChI=1S/C77H133NO18/c1-3-5-7-9-11-13-15-17-19-20-21-22-23-24-25-26-27-28-29-30-31-32-33-34-35-36-37-38-39-40-41-43-45-47-49-51-53-55-65(83)78-60(61(82)54-52-50-48-46-44-42-18-16-14-12-10-8-6-4-2)59-91-75-71(89)68(86)73(63(57-80)93-75)96-77-72(90)69(87)74(64(58-81)94-77)95-76-70(88)67(85)66(84)62(56-79)92-76/h5,7,11,13,17,19,21-22,24-25,27-28,30-31,52,54,60-64,66-77,79-82,84-90H,3-4,6,8-10,12,14-16,18,20,23,26,29,32-51,53,55-59H2,1-2H3,(H,78,83)/b7-5-,13-11-,19-17-,22-21-,25-24-,28-27-,31-30-,54-52+. The second-order valence-corrected chi connectivity index (χ2v) is 26.4. The molecule has 0 radical (unpaired) electrons. The van der Waals surface area contributed by atoms with Crippen LogP contribution >= 0.6 is 0 Å². The van der Waals surface area contributed by atoms with Crippen LogP contribution < -0.4 is 5.32 Å². The highest BCUT2D eigenvalue weighted by Gasteiger charge is 2.53. The molecule has 0 aliphatic carbocycles. The van der Waals surface area contributed by atoms with Crippen LogP contribution in [0.5, 0.6) is 0 Å². The van der Waals surface area contributed by atoms with Gasteiger partial charge in [0.1, 0.15) is 73.2 Å². The molecule has 19 heteroatoms. The molecule has 554 valence electrons. The first kappa shape index (κ1) is 86.9. The van der Waals surface area contributed by atoms with Crippen molar-refractivity contribution in [1.82, 2.24) is 5.32 Å². The summed E-state index contributed by atoms with van der Waals surface area (Å²) in [7, 11) is 0. The van der Waals surface area contributed by atoms with Crippen molar-refractivity contribution >= 4 is 5.91 Å². The summed E-state index contributed by atoms with van der Waals surface area (Å²) in [5.74, 6) is -0.278. The highest BCUT2D eigenvalue weighted by Crippen LogP contribution is 2.33. The zero-order valence-electron chi connectivity index (χ0n) is 58.8. The number of aliphatic hydroxyl groups is 11. The maximum absolute atomic E-state index is 13.4. The van der Waals surface area contributed by atoms with Gasteiger partial charge in [0.2, 0.25) is 5.91 Å². The number of nitrogens with one attached hydrogen (secondary N) is 1. The lowest BCUT2D eigenvalue weighted by Gasteiger charge is -2.48. The second kappa shape index (κ2) is 57.3. The Labute approximate surface area is 577 Å². The van der Waals surface area contributed by atoms with Gasteiger partial charge in [-0.15, -0.1) is 0 Å². The highest BCUT2D eigenvalue weighted by atomic mass is 16.8. The maximum Gasteiger partial charge on any atom is 0.220 e. The molecule has 3 aliphatic rings. The van der Waals surface area contributed by atoms with E-state index in [-0.39, 0.29) is 18.9 Å². The molecule has 0 spiro atoms. The molecule has 3 saturated heterocycles. The van der Waals surface area contributed by atoms with Crippen molar-refractivity contribution in [3.05, 3.63) is 97.2 Å². The minimum absolute atomic E-state index is 0.239. The average Bonchev–Trinajstić information content (AvgIpc) is 0.787. The van der Waals surface area contributed by atoms with E-state index >= 15 is 0 Å². The van der Waals surface area contributed by atoms with Gasteiger partial charge in [-0.3, -0.25) is 4.79 Å². The topological polar surface area (TPSA) is 307 Å². The van der Waals surface area contributed by atoms with Gasteiger partial charge in [0.05, 0.1) is 38.6 Å². The number of hydrogen-bond donors (Lipinski definition) is 12. The number of amides is 1. The first-order valence-electron chi connectivity index (χ1n) is 37.5. The lowest BCUT2D eigenvalue weighted by atomic mass is 9.96. The Morgan fingerprint density at radius 1 is 0.385 bits per heavy atom. The monoisotopic (exact) mass is 1360 g/mol. The fourth-order valence-electron chi connectivity index (χ4n) is 12.1. The van der Waals surface area contributed by atoms with E-state index in [4.69, 9.17) is 28.4 Å². The Hall–Kier alpha value is -3.29. The smallest absolute Gasteiger partial charge is 0.220 e. The fraction of sp³-hybridized carbons (Fsp3) is 0.779. The zero-order valence-corrected chi connectivity index (χ0v) is 58.8. The van der Waals surface area contributed by atoms with Gasteiger partial charge in [-0.1, -0.05) is 265 Å². The third-order valence-electron chi connectivity index (χ3n) is 18.1. The quantitative estimate of drug-likeness (QED) is 0.0199. The van der Waals surface area contributed by atoms with Crippen molar-refractivity contribution in [2.45, 2.75) is 356 Å². The Kier molecular flexibility index (Phi) is 51.9. The highest BCUT2D eigenvalue weighted by molar-refractivity contribution is 5.76. The molecule has 17 atom stereocenters. The maximum atomic E-state index is 13.4. The van der Waals surface area contributed by atoms with Gasteiger partial charge in [-0.25, -0.2) is 0 Å². The van der Waals surface area contributed by atoms with Gasteiger partial charge < -0.3 is 89.9 Å². The van der Waals surface area contributed by atoms with Crippen molar-refractivity contribution in [1.29, 1.82) is 0 Å². The van der Waals surface area contributed by atoms with Crippen molar-refractivity contribution < 1.29 is 89.4 Å². The Balaban J connectivity index is 1.33. The predicted octanol–water partition coefficient (Wildman–Crippen LogP) is 11.2. The van der Waals surface area contributed by atoms with E-state index in [1.54, 1.807) is 6.08 Å². The molecule has 0 aromatic carbocycles. The van der Waals surface area contributed by atoms with Gasteiger partial charge in [-0.2, -0.15) is 0 Å². The molecule has 3 rings (SSSR count). The Bertz CT molecular complexity index is 2110. The molecule has 0 saturated carbocycles. The molecule has 96 heavy (non-hydrogen) atoms. The first-order valence-corrected chi connectivity index (χ1v) is 37.5. The zero-order chi connectivity index (χ0) is 69.6. The Morgan fingerprint density at radius 2 is 0.719 bits per heavy atom. The van der Waals surface area contributed by atoms with Gasteiger partial charge in [0.25, 0.3) is 0 Å². The van der Waals surface area contributed by atoms with Crippen LogP contribution in [0, 0.1) is 0 Å². The summed E-state index contributed by atoms with van der Waals surface area (Å²) in [6.07, 6.45) is 49.7. The van der Waals surface area contributed by atoms with E-state index in [9.17, 15) is 61.0 Å². The molecule has 3 fully saturated rings. The third kappa shape index (κ3) is 37.9. The number of carbonyl (C=O) groups excluding carboxylic acids is 1. The summed E-state index contributed by atoms with van der Waals surface area (Å²) < 4.78 is 34.4. The van der Waals surface area contributed by atoms with Crippen LogP contribution in [-0.2, 0) is 33.2 Å². The number of rotatable bonds is 57. The van der Waals surface area contributed by atoms with Crippen molar-refractivity contribution in [3.8, 4) is 0 Å². The molecular weight excluding hydrogens is 1230 g/mol. The molecule has 3 aliphatic heterocycles. The van der Waals surface area contributed by atoms with E-state index in [0.717, 1.165) is 96.3 Å². The van der Waals surface area contributed by atoms with Crippen molar-refractivity contribution in [3.63, 3.8) is 0 Å². The van der Waals surface area contributed by atoms with Crippen LogP contribution in [0.2, 0.25) is 0 Å². The third-order valence-corrected chi connectivity index (χ3v) is 18.1. The van der Waals surface area contributed by atoms with Crippen LogP contribution in [-0.4, -0.2) is 193 Å². The normalized spacial score (nSPS) is 27.6. The molecular formula is C77H133NO18. The largest absolute Gasteiger partial charge is 0.394 e. The average molecular weight is 1360 g/mol. The molecule has 17 unspecified atom stereocenters. The molecule has 19 nitrogen and oxygen atoms in total. The van der Waals surface area contributed by atoms with Gasteiger partial charge >= 0.3 is 0 Å². The van der Waals surface area contributed by atoms with E-state index in [2.05, 4.69) is 104 Å². The molecule has 12 N–H and O–H groups in total. The molecule has 3 heterocycles. The minimum atomic E-state index is -1.98. The summed E-state index contributed by atoms with van der Waals surface area (Å²) in [6.45, 7) is 1.61. The van der Waals surface area contributed by atoms with E-state index in [1.165, 1.54) is 128 Å². The molecule has 0 aromatic heterocycles. The number of hydrogen-bond acceptors (Lipinski definition) is 18. The summed E-state index contributed by atoms with van der Waals surface area (Å²) in [6, 6.07) is -0.977. The fourth-order valence-corrected chi connectivity index (χ4v) is 12.1. The number of unbranched alkanes of at least 4 members (excludes halogenated alkanes) is 27. The summed E-state index contributed by atoms with van der Waals surface area (Å²) >= 11 is 0. The summed E-state index contributed by atoms with van der Waals surface area (Å²) in [4.78, 5) is 13.4. The van der Waals surface area contributed by atoms with Crippen LogP contribution in [0.15, 0.2) is 97.2 Å². The van der Waals surface area contributed by atoms with Gasteiger partial charge in [-0.05, 0) is 77.0 Å². The minimum Gasteiger partial charge on any atom is -0.394 e. The van der Waals surface area contributed by atoms with E-state index < -0.39 is 124 Å². The second-order valence-electron chi connectivity index (χ2n) is 26.4. The number of ether oxygens (including phenoxy) is 6. The van der Waals surface area contributed by atoms with Gasteiger partial charge in [0.15, 0.2) is 18.9 Å². The predicted molar refractivity (Wildman–Crippen MR) is 378 cm³/mol. The van der Waals surface area contributed by atoms with Crippen LogP contribution in [0.3, 0.4) is 0 Å². The summed E-state index contributed by atoms with van der Waals surface area (Å²) in [5, 5.41) is 121. The lowest BCUT2D eigenvalue weighted by Crippen LogP contribution is -2.66. The SMILES string of the molecule is CC/C=C\C/C=C\C/C=C\C/C=C\C/C=C\C/C=C\C/C=C\CCCCCCCCCCCCCCCCCC(=O)NC(COC1OC(CO)C(OC2OC(CO)C(OC3OC(CO)C(O)C(O)C3O)C(O)C2O)C(O)C1O)C(O)/C=C/CCCCCCCCCCCCCC. The van der Waals surface area contributed by atoms with E-state index in [0.29, 0.717) is 6.42 Å². The van der Waals surface area contributed by atoms with Gasteiger partial charge in [0, 0.05) is 6.42 Å². The molecule has 0 bridgehead atoms. The number of allylic oxidation sites excluding steroid dienone is 15. The van der Waals surface area contributed by atoms with Crippen molar-refractivity contribution in [2.24, 2.45) is 0 Å². The van der Waals surface area contributed by atoms with Crippen LogP contribution in [0.1, 0.15) is 251 Å².